The SMILES string of the molecule is O=C(NCc1ccco1)[C@@H]1OCCc2ccccc21. The zero-order chi connectivity index (χ0) is 13.1. The summed E-state index contributed by atoms with van der Waals surface area (Å²) in [5, 5.41) is 2.84. The van der Waals surface area contributed by atoms with E-state index in [2.05, 4.69) is 5.32 Å². The highest BCUT2D eigenvalue weighted by molar-refractivity contribution is 5.82. The minimum Gasteiger partial charge on any atom is -0.467 e. The lowest BCUT2D eigenvalue weighted by Crippen LogP contribution is -2.33. The number of amides is 1. The molecule has 4 nitrogen and oxygen atoms in total. The molecule has 1 aliphatic heterocycles. The van der Waals surface area contributed by atoms with E-state index in [0.717, 1.165) is 17.7 Å². The minimum atomic E-state index is -0.514. The number of carbonyl (C=O) groups is 1. The van der Waals surface area contributed by atoms with Crippen LogP contribution in [0.25, 0.3) is 0 Å². The first-order valence-corrected chi connectivity index (χ1v) is 6.34. The predicted octanol–water partition coefficient (Wildman–Crippen LogP) is 2.21. The molecule has 1 atom stereocenters. The zero-order valence-electron chi connectivity index (χ0n) is 10.5. The molecule has 0 aliphatic carbocycles. The van der Waals surface area contributed by atoms with Crippen LogP contribution < -0.4 is 5.32 Å². The molecule has 1 amide bonds. The van der Waals surface area contributed by atoms with E-state index in [1.807, 2.05) is 30.3 Å². The molecule has 98 valence electrons. The molecule has 0 bridgehead atoms. The van der Waals surface area contributed by atoms with Crippen molar-refractivity contribution in [1.29, 1.82) is 0 Å². The normalized spacial score (nSPS) is 17.8. The van der Waals surface area contributed by atoms with Gasteiger partial charge in [0.1, 0.15) is 5.76 Å². The summed E-state index contributed by atoms with van der Waals surface area (Å²) in [6.07, 6.45) is 1.94. The highest BCUT2D eigenvalue weighted by Gasteiger charge is 2.26. The molecule has 1 aromatic carbocycles. The Morgan fingerprint density at radius 1 is 1.26 bits per heavy atom. The summed E-state index contributed by atoms with van der Waals surface area (Å²) in [4.78, 5) is 12.2. The van der Waals surface area contributed by atoms with E-state index in [4.69, 9.17) is 9.15 Å². The molecule has 3 rings (SSSR count). The number of carbonyl (C=O) groups excluding carboxylic acids is 1. The largest absolute Gasteiger partial charge is 0.467 e. The minimum absolute atomic E-state index is 0.122. The standard InChI is InChI=1S/C15H15NO3/c17-15(16-10-12-5-3-8-18-12)14-13-6-2-1-4-11(13)7-9-19-14/h1-6,8,14H,7,9-10H2,(H,16,17)/t14-/m1/s1. The van der Waals surface area contributed by atoms with Gasteiger partial charge in [0.2, 0.25) is 0 Å². The molecule has 1 N–H and O–H groups in total. The second-order valence-corrected chi connectivity index (χ2v) is 4.50. The van der Waals surface area contributed by atoms with Crippen molar-refractivity contribution in [2.75, 3.05) is 6.61 Å². The molecule has 19 heavy (non-hydrogen) atoms. The summed E-state index contributed by atoms with van der Waals surface area (Å²) >= 11 is 0. The van der Waals surface area contributed by atoms with Gasteiger partial charge < -0.3 is 14.5 Å². The molecule has 1 aromatic heterocycles. The summed E-state index contributed by atoms with van der Waals surface area (Å²) in [5.74, 6) is 0.612. The fourth-order valence-corrected chi connectivity index (χ4v) is 2.29. The molecule has 4 heteroatoms. The van der Waals surface area contributed by atoms with Crippen molar-refractivity contribution in [3.05, 3.63) is 59.5 Å². The Kier molecular flexibility index (Phi) is 3.33. The molecule has 0 unspecified atom stereocenters. The van der Waals surface area contributed by atoms with Gasteiger partial charge in [-0.3, -0.25) is 4.79 Å². The van der Waals surface area contributed by atoms with Crippen LogP contribution in [-0.4, -0.2) is 12.5 Å². The van der Waals surface area contributed by atoms with E-state index in [1.165, 1.54) is 5.56 Å². The number of hydrogen-bond donors (Lipinski definition) is 1. The van der Waals surface area contributed by atoms with Gasteiger partial charge in [-0.1, -0.05) is 24.3 Å². The van der Waals surface area contributed by atoms with Gasteiger partial charge in [0, 0.05) is 0 Å². The van der Waals surface area contributed by atoms with E-state index < -0.39 is 6.10 Å². The number of fused-ring (bicyclic) bond motifs is 1. The van der Waals surface area contributed by atoms with Crippen molar-refractivity contribution in [3.8, 4) is 0 Å². The molecular formula is C15H15NO3. The van der Waals surface area contributed by atoms with Crippen LogP contribution in [0.5, 0.6) is 0 Å². The average molecular weight is 257 g/mol. The van der Waals surface area contributed by atoms with Crippen LogP contribution in [-0.2, 0) is 22.5 Å². The van der Waals surface area contributed by atoms with E-state index in [9.17, 15) is 4.79 Å². The number of hydrogen-bond acceptors (Lipinski definition) is 3. The monoisotopic (exact) mass is 257 g/mol. The Bertz CT molecular complexity index is 563. The van der Waals surface area contributed by atoms with Gasteiger partial charge in [0.25, 0.3) is 5.91 Å². The number of nitrogens with one attached hydrogen (secondary N) is 1. The molecule has 0 spiro atoms. The molecule has 0 saturated carbocycles. The van der Waals surface area contributed by atoms with Crippen LogP contribution in [0.1, 0.15) is 23.0 Å². The molecule has 0 radical (unpaired) electrons. The van der Waals surface area contributed by atoms with Crippen LogP contribution in [0.3, 0.4) is 0 Å². The molecule has 1 aliphatic rings. The van der Waals surface area contributed by atoms with Gasteiger partial charge >= 0.3 is 0 Å². The zero-order valence-corrected chi connectivity index (χ0v) is 10.5. The van der Waals surface area contributed by atoms with Crippen LogP contribution >= 0.6 is 0 Å². The first-order valence-electron chi connectivity index (χ1n) is 6.34. The topological polar surface area (TPSA) is 51.5 Å². The third-order valence-electron chi connectivity index (χ3n) is 3.25. The quantitative estimate of drug-likeness (QED) is 0.917. The number of rotatable bonds is 3. The summed E-state index contributed by atoms with van der Waals surface area (Å²) in [6.45, 7) is 0.962. The average Bonchev–Trinajstić information content (AvgIpc) is 2.97. The van der Waals surface area contributed by atoms with Gasteiger partial charge in [0.05, 0.1) is 19.4 Å². The lowest BCUT2D eigenvalue weighted by Gasteiger charge is -2.25. The van der Waals surface area contributed by atoms with Crippen molar-refractivity contribution in [2.45, 2.75) is 19.1 Å². The summed E-state index contributed by atoms with van der Waals surface area (Å²) < 4.78 is 10.8. The van der Waals surface area contributed by atoms with Gasteiger partial charge in [-0.25, -0.2) is 0 Å². The van der Waals surface area contributed by atoms with Crippen LogP contribution in [0.15, 0.2) is 47.1 Å². The van der Waals surface area contributed by atoms with Crippen LogP contribution in [0.2, 0.25) is 0 Å². The van der Waals surface area contributed by atoms with Gasteiger partial charge in [-0.2, -0.15) is 0 Å². The third kappa shape index (κ3) is 2.53. The molecule has 0 saturated heterocycles. The van der Waals surface area contributed by atoms with Crippen molar-refractivity contribution < 1.29 is 13.9 Å². The Morgan fingerprint density at radius 2 is 2.16 bits per heavy atom. The van der Waals surface area contributed by atoms with E-state index >= 15 is 0 Å². The van der Waals surface area contributed by atoms with Crippen LogP contribution in [0, 0.1) is 0 Å². The Morgan fingerprint density at radius 3 is 3.00 bits per heavy atom. The number of benzene rings is 1. The Labute approximate surface area is 111 Å². The lowest BCUT2D eigenvalue weighted by atomic mass is 9.97. The third-order valence-corrected chi connectivity index (χ3v) is 3.25. The predicted molar refractivity (Wildman–Crippen MR) is 69.4 cm³/mol. The van der Waals surface area contributed by atoms with Gasteiger partial charge in [-0.15, -0.1) is 0 Å². The van der Waals surface area contributed by atoms with Crippen molar-refractivity contribution in [2.24, 2.45) is 0 Å². The summed E-state index contributed by atoms with van der Waals surface area (Å²) in [5.41, 5.74) is 2.15. The maximum absolute atomic E-state index is 12.2. The number of ether oxygens (including phenoxy) is 1. The Balaban J connectivity index is 1.71. The van der Waals surface area contributed by atoms with Gasteiger partial charge in [0.15, 0.2) is 6.10 Å². The Hall–Kier alpha value is -2.07. The second-order valence-electron chi connectivity index (χ2n) is 4.50. The fraction of sp³-hybridized carbons (Fsp3) is 0.267. The maximum Gasteiger partial charge on any atom is 0.254 e. The van der Waals surface area contributed by atoms with Crippen molar-refractivity contribution in [1.82, 2.24) is 5.32 Å². The van der Waals surface area contributed by atoms with E-state index in [0.29, 0.717) is 13.2 Å². The van der Waals surface area contributed by atoms with E-state index in [1.54, 1.807) is 12.3 Å². The van der Waals surface area contributed by atoms with E-state index in [-0.39, 0.29) is 5.91 Å². The lowest BCUT2D eigenvalue weighted by molar-refractivity contribution is -0.134. The highest BCUT2D eigenvalue weighted by Crippen LogP contribution is 2.26. The first kappa shape index (κ1) is 12.0. The summed E-state index contributed by atoms with van der Waals surface area (Å²) in [7, 11) is 0. The van der Waals surface area contributed by atoms with Crippen molar-refractivity contribution in [3.63, 3.8) is 0 Å². The summed E-state index contributed by atoms with van der Waals surface area (Å²) in [6, 6.07) is 11.5. The second kappa shape index (κ2) is 5.28. The molecule has 2 heterocycles. The van der Waals surface area contributed by atoms with Crippen LogP contribution in [0.4, 0.5) is 0 Å². The highest BCUT2D eigenvalue weighted by atomic mass is 16.5. The molecule has 2 aromatic rings. The first-order chi connectivity index (χ1) is 9.34. The van der Waals surface area contributed by atoms with Crippen molar-refractivity contribution >= 4 is 5.91 Å². The molecule has 0 fully saturated rings. The fourth-order valence-electron chi connectivity index (χ4n) is 2.29. The molecular weight excluding hydrogens is 242 g/mol. The maximum atomic E-state index is 12.2. The number of furan rings is 1. The smallest absolute Gasteiger partial charge is 0.254 e. The van der Waals surface area contributed by atoms with Gasteiger partial charge in [-0.05, 0) is 29.7 Å².